The SMILES string of the molecule is CC(=O)Nc1ccccc1-c1ccc2c(c1)Sc1ccccc1N2C1CCN(CC=C(C)C)CC1. The summed E-state index contributed by atoms with van der Waals surface area (Å²) < 4.78 is 0. The number of carbonyl (C=O) groups excluding carboxylic acids is 1. The van der Waals surface area contributed by atoms with Crippen molar-refractivity contribution in [2.24, 2.45) is 0 Å². The van der Waals surface area contributed by atoms with Crippen molar-refractivity contribution in [3.8, 4) is 11.1 Å². The molecule has 1 amide bonds. The van der Waals surface area contributed by atoms with E-state index in [1.165, 1.54) is 26.7 Å². The molecular formula is C30H33N3OS. The Labute approximate surface area is 213 Å². The third-order valence-corrected chi connectivity index (χ3v) is 7.90. The molecule has 1 fully saturated rings. The van der Waals surface area contributed by atoms with Gasteiger partial charge in [0.05, 0.1) is 11.4 Å². The molecule has 0 aliphatic carbocycles. The summed E-state index contributed by atoms with van der Waals surface area (Å²) in [6.07, 6.45) is 4.65. The zero-order valence-corrected chi connectivity index (χ0v) is 21.6. The van der Waals surface area contributed by atoms with E-state index in [-0.39, 0.29) is 5.91 Å². The minimum atomic E-state index is -0.0548. The van der Waals surface area contributed by atoms with Crippen molar-refractivity contribution >= 4 is 34.7 Å². The van der Waals surface area contributed by atoms with E-state index in [4.69, 9.17) is 0 Å². The van der Waals surface area contributed by atoms with Crippen LogP contribution in [-0.2, 0) is 4.79 Å². The number of nitrogens with zero attached hydrogens (tertiary/aromatic N) is 2. The summed E-state index contributed by atoms with van der Waals surface area (Å²) in [6.45, 7) is 9.20. The number of fused-ring (bicyclic) bond motifs is 2. The summed E-state index contributed by atoms with van der Waals surface area (Å²) in [5, 5.41) is 2.98. The normalized spacial score (nSPS) is 15.8. The van der Waals surface area contributed by atoms with Gasteiger partial charge >= 0.3 is 0 Å². The Hall–Kier alpha value is -3.02. The minimum absolute atomic E-state index is 0.0548. The van der Waals surface area contributed by atoms with Gasteiger partial charge < -0.3 is 10.2 Å². The van der Waals surface area contributed by atoms with Crippen LogP contribution in [0.5, 0.6) is 0 Å². The summed E-state index contributed by atoms with van der Waals surface area (Å²) in [6, 6.07) is 24.1. The van der Waals surface area contributed by atoms with Gasteiger partial charge in [-0.1, -0.05) is 59.8 Å². The lowest BCUT2D eigenvalue weighted by Crippen LogP contribution is -2.43. The highest BCUT2D eigenvalue weighted by Crippen LogP contribution is 2.51. The predicted octanol–water partition coefficient (Wildman–Crippen LogP) is 7.35. The monoisotopic (exact) mass is 483 g/mol. The second kappa shape index (κ2) is 10.3. The third-order valence-electron chi connectivity index (χ3n) is 6.79. The van der Waals surface area contributed by atoms with Crippen LogP contribution < -0.4 is 10.2 Å². The van der Waals surface area contributed by atoms with E-state index in [0.29, 0.717) is 6.04 Å². The Bertz CT molecular complexity index is 1260. The van der Waals surface area contributed by atoms with Gasteiger partial charge in [0.15, 0.2) is 0 Å². The van der Waals surface area contributed by atoms with Crippen LogP contribution in [0.4, 0.5) is 17.1 Å². The van der Waals surface area contributed by atoms with E-state index in [1.54, 1.807) is 6.92 Å². The Kier molecular flexibility index (Phi) is 6.98. The molecule has 1 N–H and O–H groups in total. The van der Waals surface area contributed by atoms with Gasteiger partial charge in [-0.2, -0.15) is 0 Å². The fraction of sp³-hybridized carbons (Fsp3) is 0.300. The topological polar surface area (TPSA) is 35.6 Å². The third kappa shape index (κ3) is 5.16. The zero-order valence-electron chi connectivity index (χ0n) is 20.8. The van der Waals surface area contributed by atoms with Crippen molar-refractivity contribution in [2.45, 2.75) is 49.4 Å². The number of likely N-dealkylation sites (tertiary alicyclic amines) is 1. The molecular weight excluding hydrogens is 450 g/mol. The Balaban J connectivity index is 1.47. The summed E-state index contributed by atoms with van der Waals surface area (Å²) in [7, 11) is 0. The largest absolute Gasteiger partial charge is 0.336 e. The highest BCUT2D eigenvalue weighted by Gasteiger charge is 2.31. The molecule has 1 saturated heterocycles. The number of amides is 1. The quantitative estimate of drug-likeness (QED) is 0.385. The van der Waals surface area contributed by atoms with Crippen molar-refractivity contribution in [3.63, 3.8) is 0 Å². The van der Waals surface area contributed by atoms with Gasteiger partial charge in [0.1, 0.15) is 0 Å². The average molecular weight is 484 g/mol. The Morgan fingerprint density at radius 1 is 0.943 bits per heavy atom. The molecule has 35 heavy (non-hydrogen) atoms. The first-order valence-corrected chi connectivity index (χ1v) is 13.2. The summed E-state index contributed by atoms with van der Waals surface area (Å²) in [5.74, 6) is -0.0548. The molecule has 2 aliphatic heterocycles. The number of piperidine rings is 1. The molecule has 0 atom stereocenters. The number of benzene rings is 3. The summed E-state index contributed by atoms with van der Waals surface area (Å²) >= 11 is 1.84. The van der Waals surface area contributed by atoms with Gasteiger partial charge in [0, 0.05) is 53.6 Å². The average Bonchev–Trinajstić information content (AvgIpc) is 2.86. The Morgan fingerprint density at radius 2 is 1.66 bits per heavy atom. The maximum atomic E-state index is 11.8. The van der Waals surface area contributed by atoms with Gasteiger partial charge in [-0.05, 0) is 62.6 Å². The predicted molar refractivity (Wildman–Crippen MR) is 148 cm³/mol. The molecule has 2 heterocycles. The van der Waals surface area contributed by atoms with Crippen LogP contribution in [0.1, 0.15) is 33.6 Å². The first kappa shape index (κ1) is 23.7. The number of hydrogen-bond donors (Lipinski definition) is 1. The molecule has 0 saturated carbocycles. The fourth-order valence-electron chi connectivity index (χ4n) is 5.05. The van der Waals surface area contributed by atoms with Gasteiger partial charge in [0.2, 0.25) is 5.91 Å². The van der Waals surface area contributed by atoms with Gasteiger partial charge in [-0.15, -0.1) is 0 Å². The standard InChI is InChI=1S/C30H33N3OS/c1-21(2)14-17-32-18-15-24(16-19-32)33-27-10-6-7-11-29(27)35-30-20-23(12-13-28(30)33)25-8-4-5-9-26(25)31-22(3)34/h4-14,20,24H,15-19H2,1-3H3,(H,31,34). The van der Waals surface area contributed by atoms with Crippen LogP contribution in [0, 0.1) is 0 Å². The van der Waals surface area contributed by atoms with Crippen LogP contribution in [0.2, 0.25) is 0 Å². The number of anilines is 3. The molecule has 2 aliphatic rings. The first-order chi connectivity index (χ1) is 17.0. The summed E-state index contributed by atoms with van der Waals surface area (Å²) in [4.78, 5) is 19.5. The molecule has 5 rings (SSSR count). The second-order valence-electron chi connectivity index (χ2n) is 9.66. The number of para-hydroxylation sites is 2. The lowest BCUT2D eigenvalue weighted by Gasteiger charge is -2.42. The minimum Gasteiger partial charge on any atom is -0.336 e. The smallest absolute Gasteiger partial charge is 0.221 e. The number of carbonyl (C=O) groups is 1. The van der Waals surface area contributed by atoms with E-state index in [2.05, 4.69) is 83.6 Å². The molecule has 4 nitrogen and oxygen atoms in total. The van der Waals surface area contributed by atoms with Gasteiger partial charge in [0.25, 0.3) is 0 Å². The molecule has 0 unspecified atom stereocenters. The molecule has 3 aromatic carbocycles. The molecule has 5 heteroatoms. The summed E-state index contributed by atoms with van der Waals surface area (Å²) in [5.41, 5.74) is 7.01. The van der Waals surface area contributed by atoms with Crippen molar-refractivity contribution in [1.82, 2.24) is 4.90 Å². The molecule has 0 bridgehead atoms. The van der Waals surface area contributed by atoms with E-state index in [1.807, 2.05) is 30.0 Å². The van der Waals surface area contributed by atoms with E-state index >= 15 is 0 Å². The van der Waals surface area contributed by atoms with Crippen LogP contribution in [0.25, 0.3) is 11.1 Å². The zero-order chi connectivity index (χ0) is 24.4. The van der Waals surface area contributed by atoms with Gasteiger partial charge in [-0.3, -0.25) is 9.69 Å². The highest BCUT2D eigenvalue weighted by molar-refractivity contribution is 7.99. The van der Waals surface area contributed by atoms with Crippen LogP contribution >= 0.6 is 11.8 Å². The van der Waals surface area contributed by atoms with Crippen LogP contribution in [0.15, 0.2) is 88.2 Å². The van der Waals surface area contributed by atoms with E-state index in [0.717, 1.165) is 49.3 Å². The van der Waals surface area contributed by atoms with Crippen molar-refractivity contribution in [2.75, 3.05) is 29.9 Å². The second-order valence-corrected chi connectivity index (χ2v) is 10.7. The molecule has 0 spiro atoms. The highest BCUT2D eigenvalue weighted by atomic mass is 32.2. The van der Waals surface area contributed by atoms with E-state index in [9.17, 15) is 4.79 Å². The molecule has 0 radical (unpaired) electrons. The number of allylic oxidation sites excluding steroid dienone is 1. The van der Waals surface area contributed by atoms with E-state index < -0.39 is 0 Å². The molecule has 0 aromatic heterocycles. The van der Waals surface area contributed by atoms with Crippen molar-refractivity contribution < 1.29 is 4.79 Å². The van der Waals surface area contributed by atoms with Crippen molar-refractivity contribution in [3.05, 3.63) is 78.4 Å². The molecule has 180 valence electrons. The lowest BCUT2D eigenvalue weighted by molar-refractivity contribution is -0.114. The fourth-order valence-corrected chi connectivity index (χ4v) is 6.16. The maximum Gasteiger partial charge on any atom is 0.221 e. The number of hydrogen-bond acceptors (Lipinski definition) is 4. The molecule has 3 aromatic rings. The van der Waals surface area contributed by atoms with Gasteiger partial charge in [-0.25, -0.2) is 0 Å². The van der Waals surface area contributed by atoms with Crippen LogP contribution in [0.3, 0.4) is 0 Å². The lowest BCUT2D eigenvalue weighted by atomic mass is 9.99. The number of nitrogens with one attached hydrogen (secondary N) is 1. The Morgan fingerprint density at radius 3 is 2.43 bits per heavy atom. The van der Waals surface area contributed by atoms with Crippen molar-refractivity contribution in [1.29, 1.82) is 0 Å². The number of rotatable bonds is 5. The maximum absolute atomic E-state index is 11.8. The first-order valence-electron chi connectivity index (χ1n) is 12.4. The van der Waals surface area contributed by atoms with Crippen LogP contribution in [-0.4, -0.2) is 36.5 Å².